The molecule has 0 N–H and O–H groups in total. The number of hydrogen-bond acceptors (Lipinski definition) is 5. The number of carbonyl (C=O) groups is 1. The lowest BCUT2D eigenvalue weighted by Crippen LogP contribution is -2.33. The van der Waals surface area contributed by atoms with Gasteiger partial charge in [-0.05, 0) is 44.0 Å². The van der Waals surface area contributed by atoms with Gasteiger partial charge in [-0.15, -0.1) is 0 Å². The summed E-state index contributed by atoms with van der Waals surface area (Å²) in [4.78, 5) is 26.3. The van der Waals surface area contributed by atoms with Crippen molar-refractivity contribution in [3.05, 3.63) is 64.3 Å². The van der Waals surface area contributed by atoms with Crippen molar-refractivity contribution in [2.45, 2.75) is 45.1 Å². The second-order valence-corrected chi connectivity index (χ2v) is 7.98. The summed E-state index contributed by atoms with van der Waals surface area (Å²) in [5.41, 5.74) is 2.36. The highest BCUT2D eigenvalue weighted by molar-refractivity contribution is 5.97. The SMILES string of the molecule is CCOC(=O)c1cc2ccccc2n1-c1ccc(N(C)C2CCCCC2)c([N+](=O)[O-])c1. The van der Waals surface area contributed by atoms with Gasteiger partial charge in [-0.25, -0.2) is 4.79 Å². The third-order valence-electron chi connectivity index (χ3n) is 6.11. The third kappa shape index (κ3) is 4.00. The van der Waals surface area contributed by atoms with Crippen LogP contribution in [0.4, 0.5) is 11.4 Å². The first-order chi connectivity index (χ1) is 15.0. The van der Waals surface area contributed by atoms with Gasteiger partial charge in [0.25, 0.3) is 5.69 Å². The third-order valence-corrected chi connectivity index (χ3v) is 6.11. The van der Waals surface area contributed by atoms with Crippen molar-refractivity contribution in [2.24, 2.45) is 0 Å². The molecule has 1 heterocycles. The molecular weight excluding hydrogens is 394 g/mol. The molecule has 0 spiro atoms. The molecule has 31 heavy (non-hydrogen) atoms. The minimum Gasteiger partial charge on any atom is -0.461 e. The highest BCUT2D eigenvalue weighted by atomic mass is 16.6. The Morgan fingerprint density at radius 2 is 1.90 bits per heavy atom. The Balaban J connectivity index is 1.83. The number of esters is 1. The molecule has 1 saturated carbocycles. The van der Waals surface area contributed by atoms with E-state index in [-0.39, 0.29) is 17.2 Å². The Hall–Kier alpha value is -3.35. The van der Waals surface area contributed by atoms with Crippen LogP contribution < -0.4 is 4.90 Å². The Morgan fingerprint density at radius 1 is 1.16 bits per heavy atom. The molecule has 3 aromatic rings. The van der Waals surface area contributed by atoms with Crippen molar-refractivity contribution >= 4 is 28.2 Å². The number of fused-ring (bicyclic) bond motifs is 1. The summed E-state index contributed by atoms with van der Waals surface area (Å²) in [5, 5.41) is 12.9. The Kier molecular flexibility index (Phi) is 5.93. The normalized spacial score (nSPS) is 14.5. The lowest BCUT2D eigenvalue weighted by molar-refractivity contribution is -0.384. The molecule has 7 nitrogen and oxygen atoms in total. The van der Waals surface area contributed by atoms with E-state index < -0.39 is 5.97 Å². The second-order valence-electron chi connectivity index (χ2n) is 7.98. The number of ether oxygens (including phenoxy) is 1. The molecule has 7 heteroatoms. The average Bonchev–Trinajstić information content (AvgIpc) is 3.19. The molecular formula is C24H27N3O4. The first-order valence-electron chi connectivity index (χ1n) is 10.8. The lowest BCUT2D eigenvalue weighted by Gasteiger charge is -2.32. The molecule has 0 unspecified atom stereocenters. The molecule has 1 fully saturated rings. The van der Waals surface area contributed by atoms with Crippen LogP contribution in [-0.2, 0) is 4.74 Å². The number of benzene rings is 2. The standard InChI is InChI=1S/C24H27N3O4/c1-3-31-24(28)23-15-17-9-7-8-12-20(17)26(23)19-13-14-21(22(16-19)27(29)30)25(2)18-10-5-4-6-11-18/h7-9,12-16,18H,3-6,10-11H2,1-2H3. The molecule has 2 aromatic carbocycles. The number of anilines is 1. The predicted octanol–water partition coefficient (Wildman–Crippen LogP) is 5.48. The Bertz CT molecular complexity index is 1120. The minimum absolute atomic E-state index is 0.0400. The summed E-state index contributed by atoms with van der Waals surface area (Å²) in [6.45, 7) is 2.01. The van der Waals surface area contributed by atoms with Crippen LogP contribution in [0.1, 0.15) is 49.5 Å². The van der Waals surface area contributed by atoms with Gasteiger partial charge in [0.15, 0.2) is 0 Å². The van der Waals surface area contributed by atoms with E-state index in [0.29, 0.717) is 23.1 Å². The van der Waals surface area contributed by atoms with Crippen molar-refractivity contribution < 1.29 is 14.5 Å². The molecule has 1 aliphatic carbocycles. The summed E-state index contributed by atoms with van der Waals surface area (Å²) in [5.74, 6) is -0.454. The van der Waals surface area contributed by atoms with E-state index in [9.17, 15) is 14.9 Å². The van der Waals surface area contributed by atoms with Gasteiger partial charge in [-0.2, -0.15) is 0 Å². The zero-order valence-electron chi connectivity index (χ0n) is 17.9. The fraction of sp³-hybridized carbons (Fsp3) is 0.375. The summed E-state index contributed by atoms with van der Waals surface area (Å²) in [7, 11) is 1.94. The van der Waals surface area contributed by atoms with Crippen LogP contribution in [0.15, 0.2) is 48.5 Å². The van der Waals surface area contributed by atoms with Crippen LogP contribution in [0.3, 0.4) is 0 Å². The first kappa shape index (κ1) is 20.9. The highest BCUT2D eigenvalue weighted by Crippen LogP contribution is 2.35. The summed E-state index contributed by atoms with van der Waals surface area (Å²) in [6, 6.07) is 14.9. The first-order valence-corrected chi connectivity index (χ1v) is 10.8. The van der Waals surface area contributed by atoms with Crippen molar-refractivity contribution in [1.29, 1.82) is 0 Å². The number of nitro benzene ring substituents is 1. The Labute approximate surface area is 181 Å². The summed E-state index contributed by atoms with van der Waals surface area (Å²) in [6.07, 6.45) is 5.62. The van der Waals surface area contributed by atoms with Gasteiger partial charge in [0.2, 0.25) is 0 Å². The van der Waals surface area contributed by atoms with Crippen LogP contribution >= 0.6 is 0 Å². The molecule has 0 radical (unpaired) electrons. The van der Waals surface area contributed by atoms with E-state index in [1.807, 2.05) is 42.3 Å². The predicted molar refractivity (Wildman–Crippen MR) is 121 cm³/mol. The monoisotopic (exact) mass is 421 g/mol. The fourth-order valence-electron chi connectivity index (χ4n) is 4.55. The van der Waals surface area contributed by atoms with E-state index in [1.54, 1.807) is 29.7 Å². The molecule has 1 aromatic heterocycles. The lowest BCUT2D eigenvalue weighted by atomic mass is 9.94. The van der Waals surface area contributed by atoms with Gasteiger partial charge >= 0.3 is 5.97 Å². The largest absolute Gasteiger partial charge is 0.461 e. The average molecular weight is 421 g/mol. The van der Waals surface area contributed by atoms with E-state index in [2.05, 4.69) is 0 Å². The maximum Gasteiger partial charge on any atom is 0.355 e. The molecule has 0 bridgehead atoms. The van der Waals surface area contributed by atoms with E-state index >= 15 is 0 Å². The van der Waals surface area contributed by atoms with Crippen LogP contribution in [-0.4, -0.2) is 35.2 Å². The van der Waals surface area contributed by atoms with Crippen LogP contribution in [0.25, 0.3) is 16.6 Å². The fourth-order valence-corrected chi connectivity index (χ4v) is 4.55. The van der Waals surface area contributed by atoms with Crippen LogP contribution in [0, 0.1) is 10.1 Å². The van der Waals surface area contributed by atoms with Gasteiger partial charge in [-0.3, -0.25) is 10.1 Å². The molecule has 162 valence electrons. The molecule has 0 atom stereocenters. The summed E-state index contributed by atoms with van der Waals surface area (Å²) < 4.78 is 6.98. The minimum atomic E-state index is -0.454. The van der Waals surface area contributed by atoms with Crippen molar-refractivity contribution in [3.63, 3.8) is 0 Å². The van der Waals surface area contributed by atoms with E-state index in [0.717, 1.165) is 36.6 Å². The van der Waals surface area contributed by atoms with Gasteiger partial charge in [-0.1, -0.05) is 37.5 Å². The van der Waals surface area contributed by atoms with Crippen LogP contribution in [0.2, 0.25) is 0 Å². The van der Waals surface area contributed by atoms with E-state index in [1.165, 1.54) is 6.42 Å². The second kappa shape index (κ2) is 8.79. The molecule has 0 aliphatic heterocycles. The maximum absolute atomic E-state index is 12.6. The molecule has 0 saturated heterocycles. The number of rotatable bonds is 6. The van der Waals surface area contributed by atoms with Crippen molar-refractivity contribution in [3.8, 4) is 5.69 Å². The van der Waals surface area contributed by atoms with Crippen molar-refractivity contribution in [1.82, 2.24) is 4.57 Å². The number of para-hydroxylation sites is 1. The zero-order valence-corrected chi connectivity index (χ0v) is 17.9. The number of carbonyl (C=O) groups excluding carboxylic acids is 1. The molecule has 0 amide bonds. The van der Waals surface area contributed by atoms with Crippen LogP contribution in [0.5, 0.6) is 0 Å². The topological polar surface area (TPSA) is 77.6 Å². The molecule has 4 rings (SSSR count). The van der Waals surface area contributed by atoms with E-state index in [4.69, 9.17) is 4.74 Å². The van der Waals surface area contributed by atoms with Gasteiger partial charge in [0.1, 0.15) is 11.4 Å². The number of nitrogens with zero attached hydrogens (tertiary/aromatic N) is 3. The van der Waals surface area contributed by atoms with Gasteiger partial charge < -0.3 is 14.2 Å². The summed E-state index contributed by atoms with van der Waals surface area (Å²) >= 11 is 0. The highest BCUT2D eigenvalue weighted by Gasteiger charge is 2.26. The maximum atomic E-state index is 12.6. The van der Waals surface area contributed by atoms with Gasteiger partial charge in [0, 0.05) is 24.5 Å². The number of aromatic nitrogens is 1. The molecule has 1 aliphatic rings. The smallest absolute Gasteiger partial charge is 0.355 e. The van der Waals surface area contributed by atoms with Crippen molar-refractivity contribution in [2.75, 3.05) is 18.6 Å². The number of nitro groups is 1. The number of hydrogen-bond donors (Lipinski definition) is 0. The Morgan fingerprint density at radius 3 is 2.61 bits per heavy atom. The van der Waals surface area contributed by atoms with Gasteiger partial charge in [0.05, 0.1) is 22.7 Å². The quantitative estimate of drug-likeness (QED) is 0.299. The zero-order chi connectivity index (χ0) is 22.0.